The first-order valence-corrected chi connectivity index (χ1v) is 10.6. The van der Waals surface area contributed by atoms with Crippen LogP contribution in [0.2, 0.25) is 5.02 Å². The molecule has 2 aromatic carbocycles. The number of allylic oxidation sites excluding steroid dienone is 2. The average molecular weight is 447 g/mol. The van der Waals surface area contributed by atoms with Gasteiger partial charge >= 0.3 is 5.97 Å². The second-order valence-electron chi connectivity index (χ2n) is 7.87. The van der Waals surface area contributed by atoms with E-state index in [4.69, 9.17) is 16.3 Å². The minimum Gasteiger partial charge on any atom is -0.478 e. The highest BCUT2D eigenvalue weighted by Gasteiger charge is 2.27. The third kappa shape index (κ3) is 3.99. The van der Waals surface area contributed by atoms with E-state index in [1.807, 2.05) is 39.0 Å². The van der Waals surface area contributed by atoms with E-state index in [2.05, 4.69) is 22.9 Å². The lowest BCUT2D eigenvalue weighted by atomic mass is 9.89. The Morgan fingerprint density at radius 3 is 2.69 bits per heavy atom. The Kier molecular flexibility index (Phi) is 5.76. The SMILES string of the molecule is C=C1C(C)=C(c2cccnc2)Oc2c1cc(C)cc2C(C)Nc1ccc(Cl)cc1C(=O)O. The van der Waals surface area contributed by atoms with Crippen molar-refractivity contribution in [3.63, 3.8) is 0 Å². The first kappa shape index (κ1) is 21.7. The lowest BCUT2D eigenvalue weighted by Crippen LogP contribution is -2.15. The highest BCUT2D eigenvalue weighted by atomic mass is 35.5. The number of ether oxygens (including phenoxy) is 1. The maximum absolute atomic E-state index is 11.7. The summed E-state index contributed by atoms with van der Waals surface area (Å²) in [5, 5.41) is 13.3. The Hall–Kier alpha value is -3.57. The molecule has 32 heavy (non-hydrogen) atoms. The van der Waals surface area contributed by atoms with Crippen molar-refractivity contribution in [2.24, 2.45) is 0 Å². The first-order chi connectivity index (χ1) is 15.3. The van der Waals surface area contributed by atoms with Crippen LogP contribution in [-0.2, 0) is 0 Å². The number of hydrogen-bond donors (Lipinski definition) is 2. The fourth-order valence-corrected chi connectivity index (χ4v) is 4.05. The summed E-state index contributed by atoms with van der Waals surface area (Å²) in [5.74, 6) is 0.372. The molecular weight excluding hydrogens is 424 g/mol. The molecule has 0 saturated heterocycles. The smallest absolute Gasteiger partial charge is 0.337 e. The van der Waals surface area contributed by atoms with Crippen molar-refractivity contribution in [3.8, 4) is 5.75 Å². The summed E-state index contributed by atoms with van der Waals surface area (Å²) in [4.78, 5) is 15.9. The zero-order chi connectivity index (χ0) is 23.0. The van der Waals surface area contributed by atoms with Crippen molar-refractivity contribution in [1.82, 2.24) is 4.98 Å². The molecule has 1 atom stereocenters. The van der Waals surface area contributed by atoms with Gasteiger partial charge in [0.1, 0.15) is 11.5 Å². The van der Waals surface area contributed by atoms with Crippen LogP contribution in [-0.4, -0.2) is 16.1 Å². The molecule has 0 radical (unpaired) electrons. The van der Waals surface area contributed by atoms with Gasteiger partial charge in [0.05, 0.1) is 11.6 Å². The zero-order valence-corrected chi connectivity index (χ0v) is 18.8. The molecule has 2 heterocycles. The van der Waals surface area contributed by atoms with Gasteiger partial charge in [-0.1, -0.05) is 24.2 Å². The monoisotopic (exact) mass is 446 g/mol. The number of aromatic nitrogens is 1. The molecule has 0 fully saturated rings. The fraction of sp³-hybridized carbons (Fsp3) is 0.154. The van der Waals surface area contributed by atoms with Gasteiger partial charge < -0.3 is 15.2 Å². The minimum absolute atomic E-state index is 0.114. The molecular formula is C26H23ClN2O3. The average Bonchev–Trinajstić information content (AvgIpc) is 2.77. The van der Waals surface area contributed by atoms with E-state index < -0.39 is 5.97 Å². The summed E-state index contributed by atoms with van der Waals surface area (Å²) in [5.41, 5.74) is 6.20. The number of aromatic carboxylic acids is 1. The largest absolute Gasteiger partial charge is 0.478 e. The number of fused-ring (bicyclic) bond motifs is 1. The van der Waals surface area contributed by atoms with E-state index in [9.17, 15) is 9.90 Å². The van der Waals surface area contributed by atoms with Gasteiger partial charge in [0.15, 0.2) is 0 Å². The quantitative estimate of drug-likeness (QED) is 0.453. The summed E-state index contributed by atoms with van der Waals surface area (Å²) >= 11 is 6.00. The Morgan fingerprint density at radius 2 is 2.00 bits per heavy atom. The third-order valence-corrected chi connectivity index (χ3v) is 5.79. The van der Waals surface area contributed by atoms with E-state index in [1.54, 1.807) is 24.5 Å². The molecule has 0 saturated carbocycles. The fourth-order valence-electron chi connectivity index (χ4n) is 3.88. The Bertz CT molecular complexity index is 1270. The molecule has 5 nitrogen and oxygen atoms in total. The summed E-state index contributed by atoms with van der Waals surface area (Å²) in [6.07, 6.45) is 3.48. The molecule has 3 aromatic rings. The Morgan fingerprint density at radius 1 is 1.22 bits per heavy atom. The van der Waals surface area contributed by atoms with E-state index in [-0.39, 0.29) is 11.6 Å². The third-order valence-electron chi connectivity index (χ3n) is 5.56. The Balaban J connectivity index is 1.77. The van der Waals surface area contributed by atoms with Gasteiger partial charge in [-0.3, -0.25) is 4.98 Å². The Labute approximate surface area is 192 Å². The molecule has 0 amide bonds. The van der Waals surface area contributed by atoms with Crippen molar-refractivity contribution in [1.29, 1.82) is 0 Å². The molecule has 2 N–H and O–H groups in total. The highest BCUT2D eigenvalue weighted by Crippen LogP contribution is 2.45. The van der Waals surface area contributed by atoms with Crippen molar-refractivity contribution < 1.29 is 14.6 Å². The molecule has 162 valence electrons. The second-order valence-corrected chi connectivity index (χ2v) is 8.30. The lowest BCUT2D eigenvalue weighted by molar-refractivity contribution is 0.0698. The van der Waals surface area contributed by atoms with Gasteiger partial charge in [-0.25, -0.2) is 4.79 Å². The second kappa shape index (κ2) is 8.52. The normalized spacial score (nSPS) is 13.9. The number of anilines is 1. The predicted octanol–water partition coefficient (Wildman–Crippen LogP) is 6.75. The maximum Gasteiger partial charge on any atom is 0.337 e. The van der Waals surface area contributed by atoms with Crippen molar-refractivity contribution in [3.05, 3.63) is 99.9 Å². The van der Waals surface area contributed by atoms with E-state index >= 15 is 0 Å². The van der Waals surface area contributed by atoms with Crippen molar-refractivity contribution >= 4 is 34.6 Å². The molecule has 1 aromatic heterocycles. The molecule has 1 aliphatic rings. The minimum atomic E-state index is -1.05. The number of nitrogens with one attached hydrogen (secondary N) is 1. The number of carbonyl (C=O) groups is 1. The summed E-state index contributed by atoms with van der Waals surface area (Å²) in [6.45, 7) is 10.3. The van der Waals surface area contributed by atoms with Crippen LogP contribution >= 0.6 is 11.6 Å². The molecule has 0 aliphatic carbocycles. The number of nitrogens with zero attached hydrogens (tertiary/aromatic N) is 1. The van der Waals surface area contributed by atoms with Crippen LogP contribution in [0.15, 0.2) is 67.0 Å². The van der Waals surface area contributed by atoms with Gasteiger partial charge in [0.2, 0.25) is 0 Å². The molecule has 1 aliphatic heterocycles. The summed E-state index contributed by atoms with van der Waals surface area (Å²) in [6, 6.07) is 12.5. The van der Waals surface area contributed by atoms with Crippen LogP contribution in [0.3, 0.4) is 0 Å². The molecule has 1 unspecified atom stereocenters. The summed E-state index contributed by atoms with van der Waals surface area (Å²) < 4.78 is 6.44. The number of carboxylic acid groups (broad SMARTS) is 1. The predicted molar refractivity (Wildman–Crippen MR) is 128 cm³/mol. The van der Waals surface area contributed by atoms with Crippen LogP contribution in [0.4, 0.5) is 5.69 Å². The molecule has 0 bridgehead atoms. The number of pyridine rings is 1. The van der Waals surface area contributed by atoms with Gasteiger partial charge in [-0.05, 0) is 73.9 Å². The number of benzene rings is 2. The van der Waals surface area contributed by atoms with E-state index in [0.29, 0.717) is 22.2 Å². The molecule has 4 rings (SSSR count). The van der Waals surface area contributed by atoms with Crippen LogP contribution in [0, 0.1) is 6.92 Å². The van der Waals surface area contributed by atoms with E-state index in [1.165, 1.54) is 6.07 Å². The van der Waals surface area contributed by atoms with Crippen LogP contribution in [0.5, 0.6) is 5.75 Å². The number of carboxylic acids is 1. The van der Waals surface area contributed by atoms with Gasteiger partial charge in [0.25, 0.3) is 0 Å². The summed E-state index contributed by atoms with van der Waals surface area (Å²) in [7, 11) is 0. The number of hydrogen-bond acceptors (Lipinski definition) is 4. The topological polar surface area (TPSA) is 71.5 Å². The molecule has 0 spiro atoms. The molecule has 6 heteroatoms. The van der Waals surface area contributed by atoms with Gasteiger partial charge in [0, 0.05) is 39.8 Å². The standard InChI is InChI=1S/C26H23ClN2O3/c1-14-10-20-15(2)16(3)24(18-6-5-9-28-13-18)32-25(20)21(11-14)17(4)29-23-8-7-19(27)12-22(23)26(30)31/h5-13,17,29H,2H2,1,3-4H3,(H,30,31). The van der Waals surface area contributed by atoms with Crippen molar-refractivity contribution in [2.45, 2.75) is 26.8 Å². The first-order valence-electron chi connectivity index (χ1n) is 10.2. The van der Waals surface area contributed by atoms with Gasteiger partial charge in [-0.15, -0.1) is 0 Å². The van der Waals surface area contributed by atoms with E-state index in [0.717, 1.165) is 33.4 Å². The van der Waals surface area contributed by atoms with Gasteiger partial charge in [-0.2, -0.15) is 0 Å². The van der Waals surface area contributed by atoms with Crippen molar-refractivity contribution in [2.75, 3.05) is 5.32 Å². The maximum atomic E-state index is 11.7. The number of halogens is 1. The zero-order valence-electron chi connectivity index (χ0n) is 18.1. The van der Waals surface area contributed by atoms with Crippen LogP contribution < -0.4 is 10.1 Å². The van der Waals surface area contributed by atoms with Crippen LogP contribution in [0.1, 0.15) is 52.5 Å². The highest BCUT2D eigenvalue weighted by molar-refractivity contribution is 6.31. The number of rotatable bonds is 5. The lowest BCUT2D eigenvalue weighted by Gasteiger charge is -2.29. The number of aryl methyl sites for hydroxylation is 1. The van der Waals surface area contributed by atoms with Crippen LogP contribution in [0.25, 0.3) is 11.3 Å².